The van der Waals surface area contributed by atoms with Crippen molar-refractivity contribution in [2.45, 2.75) is 65.5 Å². The maximum Gasteiger partial charge on any atom is 0.277 e. The van der Waals surface area contributed by atoms with E-state index in [1.165, 1.54) is 5.56 Å². The van der Waals surface area contributed by atoms with Crippen LogP contribution in [0.25, 0.3) is 16.9 Å². The Morgan fingerprint density at radius 3 is 2.65 bits per heavy atom. The highest BCUT2D eigenvalue weighted by molar-refractivity contribution is 5.66. The summed E-state index contributed by atoms with van der Waals surface area (Å²) < 4.78 is 7.49. The van der Waals surface area contributed by atoms with Crippen LogP contribution in [-0.4, -0.2) is 43.9 Å². The largest absolute Gasteiger partial charge is 0.493 e. The van der Waals surface area contributed by atoms with E-state index in [-0.39, 0.29) is 11.6 Å². The minimum absolute atomic E-state index is 0.249. The number of nitrogens with zero attached hydrogens (tertiary/aromatic N) is 3. The molecule has 0 amide bonds. The third-order valence-corrected chi connectivity index (χ3v) is 6.53. The van der Waals surface area contributed by atoms with Crippen molar-refractivity contribution < 1.29 is 9.84 Å². The fraction of sp³-hybridized carbons (Fsp3) is 0.414. The number of aromatic amines is 1. The molecule has 4 rings (SSSR count). The summed E-state index contributed by atoms with van der Waals surface area (Å²) in [5.41, 5.74) is 3.52. The highest BCUT2D eigenvalue weighted by atomic mass is 16.5. The van der Waals surface area contributed by atoms with E-state index in [1.807, 2.05) is 38.1 Å². The van der Waals surface area contributed by atoms with Gasteiger partial charge < -0.3 is 20.1 Å². The monoisotopic (exact) mass is 503 g/mol. The summed E-state index contributed by atoms with van der Waals surface area (Å²) in [4.78, 5) is 20.4. The van der Waals surface area contributed by atoms with Crippen LogP contribution in [0.5, 0.6) is 5.75 Å². The van der Waals surface area contributed by atoms with Gasteiger partial charge in [0.05, 0.1) is 24.0 Å². The number of benzene rings is 2. The van der Waals surface area contributed by atoms with Crippen molar-refractivity contribution in [1.29, 1.82) is 0 Å². The van der Waals surface area contributed by atoms with E-state index < -0.39 is 6.10 Å². The highest BCUT2D eigenvalue weighted by Gasteiger charge is 2.19. The molecule has 2 aromatic heterocycles. The molecule has 2 unspecified atom stereocenters. The molecule has 8 nitrogen and oxygen atoms in total. The SMILES string of the molecule is CCCc1nc(C)c2c(=O)[nH]c(-c3cc(C(O)CNC(C)CCc4ccccc4)ccc3OCC)nn12. The number of nitrogens with one attached hydrogen (secondary N) is 2. The minimum Gasteiger partial charge on any atom is -0.493 e. The molecule has 0 radical (unpaired) electrons. The molecule has 0 saturated heterocycles. The number of imidazole rings is 1. The fourth-order valence-corrected chi connectivity index (χ4v) is 4.52. The molecule has 2 aromatic carbocycles. The molecular weight excluding hydrogens is 466 g/mol. The Bertz CT molecular complexity index is 1380. The van der Waals surface area contributed by atoms with Crippen molar-refractivity contribution in [1.82, 2.24) is 24.9 Å². The number of fused-ring (bicyclic) bond motifs is 1. The molecule has 2 heterocycles. The first kappa shape index (κ1) is 26.6. The topological polar surface area (TPSA) is 105 Å². The Morgan fingerprint density at radius 2 is 1.92 bits per heavy atom. The lowest BCUT2D eigenvalue weighted by Crippen LogP contribution is -2.30. The summed E-state index contributed by atoms with van der Waals surface area (Å²) >= 11 is 0. The molecule has 2 atom stereocenters. The first-order chi connectivity index (χ1) is 17.9. The lowest BCUT2D eigenvalue weighted by molar-refractivity contribution is 0.170. The second kappa shape index (κ2) is 12.2. The Kier molecular flexibility index (Phi) is 8.74. The predicted molar refractivity (Wildman–Crippen MR) is 146 cm³/mol. The van der Waals surface area contributed by atoms with Crippen molar-refractivity contribution >= 4 is 5.52 Å². The van der Waals surface area contributed by atoms with Crippen molar-refractivity contribution in [3.63, 3.8) is 0 Å². The molecule has 0 fully saturated rings. The summed E-state index contributed by atoms with van der Waals surface area (Å²) in [5, 5.41) is 19.2. The van der Waals surface area contributed by atoms with Gasteiger partial charge in [0.1, 0.15) is 11.6 Å². The van der Waals surface area contributed by atoms with Crippen LogP contribution in [0.15, 0.2) is 53.3 Å². The van der Waals surface area contributed by atoms with Crippen molar-refractivity contribution in [3.8, 4) is 17.1 Å². The van der Waals surface area contributed by atoms with Gasteiger partial charge in [0.25, 0.3) is 5.56 Å². The lowest BCUT2D eigenvalue weighted by Gasteiger charge is -2.19. The molecule has 8 heteroatoms. The van der Waals surface area contributed by atoms with E-state index in [0.29, 0.717) is 41.5 Å². The van der Waals surface area contributed by atoms with E-state index in [0.717, 1.165) is 37.1 Å². The zero-order valence-electron chi connectivity index (χ0n) is 22.1. The number of aryl methyl sites for hydroxylation is 3. The number of hydrogen-bond acceptors (Lipinski definition) is 6. The van der Waals surface area contributed by atoms with Crippen LogP contribution in [0, 0.1) is 6.92 Å². The minimum atomic E-state index is -0.727. The maximum atomic E-state index is 13.0. The highest BCUT2D eigenvalue weighted by Crippen LogP contribution is 2.31. The number of rotatable bonds is 12. The Hall–Kier alpha value is -3.49. The van der Waals surface area contributed by atoms with E-state index in [9.17, 15) is 9.90 Å². The molecular formula is C29H37N5O3. The first-order valence-electron chi connectivity index (χ1n) is 13.1. The summed E-state index contributed by atoms with van der Waals surface area (Å²) in [7, 11) is 0. The number of aliphatic hydroxyl groups is 1. The number of aromatic nitrogens is 4. The van der Waals surface area contributed by atoms with Gasteiger partial charge in [-0.25, -0.2) is 9.50 Å². The number of ether oxygens (including phenoxy) is 1. The van der Waals surface area contributed by atoms with Gasteiger partial charge in [0.15, 0.2) is 11.3 Å². The second-order valence-corrected chi connectivity index (χ2v) is 9.46. The van der Waals surface area contributed by atoms with Gasteiger partial charge in [-0.1, -0.05) is 43.3 Å². The fourth-order valence-electron chi connectivity index (χ4n) is 4.52. The standard InChI is InChI=1S/C29H37N5O3/c1-5-10-26-31-20(4)27-29(36)32-28(33-34(26)27)23-17-22(15-16-25(23)37-6-2)24(35)18-30-19(3)13-14-21-11-8-7-9-12-21/h7-9,11-12,15-17,19,24,30,35H,5-6,10,13-14,18H2,1-4H3,(H,32,33,36). The van der Waals surface area contributed by atoms with Gasteiger partial charge in [-0.05, 0) is 63.3 Å². The van der Waals surface area contributed by atoms with Gasteiger partial charge in [-0.2, -0.15) is 0 Å². The quantitative estimate of drug-likeness (QED) is 0.265. The second-order valence-electron chi connectivity index (χ2n) is 9.46. The Balaban J connectivity index is 1.56. The van der Waals surface area contributed by atoms with E-state index in [4.69, 9.17) is 9.84 Å². The summed E-state index contributed by atoms with van der Waals surface area (Å²) in [6.07, 6.45) is 2.84. The van der Waals surface area contributed by atoms with E-state index >= 15 is 0 Å². The smallest absolute Gasteiger partial charge is 0.277 e. The first-order valence-corrected chi connectivity index (χ1v) is 13.1. The molecule has 0 saturated carbocycles. The van der Waals surface area contributed by atoms with Gasteiger partial charge in [-0.15, -0.1) is 5.10 Å². The van der Waals surface area contributed by atoms with Gasteiger partial charge in [0, 0.05) is 19.0 Å². The zero-order chi connectivity index (χ0) is 26.4. The Morgan fingerprint density at radius 1 is 1.14 bits per heavy atom. The average Bonchev–Trinajstić information content (AvgIpc) is 3.22. The molecule has 3 N–H and O–H groups in total. The van der Waals surface area contributed by atoms with E-state index in [1.54, 1.807) is 4.52 Å². The van der Waals surface area contributed by atoms with Crippen LogP contribution >= 0.6 is 0 Å². The number of aliphatic hydroxyl groups excluding tert-OH is 1. The van der Waals surface area contributed by atoms with Gasteiger partial charge in [-0.3, -0.25) is 4.79 Å². The van der Waals surface area contributed by atoms with Gasteiger partial charge in [0.2, 0.25) is 0 Å². The molecule has 0 aliphatic heterocycles. The van der Waals surface area contributed by atoms with E-state index in [2.05, 4.69) is 53.4 Å². The van der Waals surface area contributed by atoms with Crippen LogP contribution in [0.2, 0.25) is 0 Å². The molecule has 196 valence electrons. The van der Waals surface area contributed by atoms with Gasteiger partial charge >= 0.3 is 0 Å². The zero-order valence-corrected chi connectivity index (χ0v) is 22.1. The molecule has 0 bridgehead atoms. The number of hydrogen-bond donors (Lipinski definition) is 3. The normalized spacial score (nSPS) is 13.1. The Labute approximate surface area is 217 Å². The molecule has 37 heavy (non-hydrogen) atoms. The predicted octanol–water partition coefficient (Wildman–Crippen LogP) is 4.39. The maximum absolute atomic E-state index is 13.0. The molecule has 4 aromatic rings. The third-order valence-electron chi connectivity index (χ3n) is 6.53. The average molecular weight is 504 g/mol. The van der Waals surface area contributed by atoms with Crippen LogP contribution in [0.4, 0.5) is 0 Å². The summed E-state index contributed by atoms with van der Waals surface area (Å²) in [6, 6.07) is 16.2. The third kappa shape index (κ3) is 6.26. The van der Waals surface area contributed by atoms with Crippen LogP contribution < -0.4 is 15.6 Å². The lowest BCUT2D eigenvalue weighted by atomic mass is 10.0. The van der Waals surface area contributed by atoms with Crippen LogP contribution in [-0.2, 0) is 12.8 Å². The van der Waals surface area contributed by atoms with Crippen molar-refractivity contribution in [2.75, 3.05) is 13.2 Å². The summed E-state index contributed by atoms with van der Waals surface area (Å²) in [5.74, 6) is 1.73. The molecule has 0 spiro atoms. The summed E-state index contributed by atoms with van der Waals surface area (Å²) in [6.45, 7) is 8.80. The van der Waals surface area contributed by atoms with Crippen LogP contribution in [0.3, 0.4) is 0 Å². The van der Waals surface area contributed by atoms with Crippen molar-refractivity contribution in [3.05, 3.63) is 81.5 Å². The number of H-pyrrole nitrogens is 1. The van der Waals surface area contributed by atoms with Crippen LogP contribution in [0.1, 0.15) is 62.4 Å². The molecule has 0 aliphatic rings. The molecule has 0 aliphatic carbocycles. The van der Waals surface area contributed by atoms with Crippen molar-refractivity contribution in [2.24, 2.45) is 0 Å².